The van der Waals surface area contributed by atoms with Crippen molar-refractivity contribution in [3.05, 3.63) is 46.8 Å². The molecule has 1 aromatic carbocycles. The first-order valence-corrected chi connectivity index (χ1v) is 6.33. The van der Waals surface area contributed by atoms with Crippen LogP contribution in [0.15, 0.2) is 35.7 Å². The van der Waals surface area contributed by atoms with E-state index in [1.165, 1.54) is 18.2 Å². The van der Waals surface area contributed by atoms with E-state index in [1.54, 1.807) is 17.5 Å². The molecule has 0 saturated heterocycles. The van der Waals surface area contributed by atoms with Gasteiger partial charge in [0.05, 0.1) is 12.0 Å². The van der Waals surface area contributed by atoms with Gasteiger partial charge in [0, 0.05) is 0 Å². The van der Waals surface area contributed by atoms with Crippen molar-refractivity contribution in [3.63, 3.8) is 0 Å². The number of aromatic hydroxyl groups is 1. The van der Waals surface area contributed by atoms with E-state index in [2.05, 4.69) is 5.32 Å². The number of carboxylic acids is 1. The highest BCUT2D eigenvalue weighted by Gasteiger charge is 2.14. The van der Waals surface area contributed by atoms with Crippen LogP contribution in [-0.4, -0.2) is 22.1 Å². The predicted molar refractivity (Wildman–Crippen MR) is 71.7 cm³/mol. The van der Waals surface area contributed by atoms with Gasteiger partial charge in [0.2, 0.25) is 5.91 Å². The van der Waals surface area contributed by atoms with E-state index < -0.39 is 5.97 Å². The number of aromatic carboxylic acids is 1. The van der Waals surface area contributed by atoms with Gasteiger partial charge in [-0.05, 0) is 29.1 Å². The molecule has 0 atom stereocenters. The fourth-order valence-electron chi connectivity index (χ4n) is 1.60. The number of thiophene rings is 1. The second-order valence-corrected chi connectivity index (χ2v) is 4.78. The Balaban J connectivity index is 2.05. The number of anilines is 1. The quantitative estimate of drug-likeness (QED) is 0.800. The summed E-state index contributed by atoms with van der Waals surface area (Å²) in [5.74, 6) is -1.31. The summed E-state index contributed by atoms with van der Waals surface area (Å²) >= 11 is 1.16. The molecule has 0 aliphatic heterocycles. The van der Waals surface area contributed by atoms with E-state index in [-0.39, 0.29) is 23.6 Å². The van der Waals surface area contributed by atoms with Gasteiger partial charge in [-0.3, -0.25) is 4.79 Å². The Kier molecular flexibility index (Phi) is 3.82. The highest BCUT2D eigenvalue weighted by atomic mass is 32.1. The lowest BCUT2D eigenvalue weighted by molar-refractivity contribution is -0.115. The zero-order chi connectivity index (χ0) is 13.8. The van der Waals surface area contributed by atoms with Gasteiger partial charge in [-0.15, -0.1) is 11.3 Å². The molecule has 6 heteroatoms. The fraction of sp³-hybridized carbons (Fsp3) is 0.0769. The maximum atomic E-state index is 11.8. The second-order valence-electron chi connectivity index (χ2n) is 3.86. The standard InChI is InChI=1S/C13H11NO4S/c15-9-3-1-2-8(6-9)7-11(16)14-12-10(13(17)18)4-5-19-12/h1-6,15H,7H2,(H,14,16)(H,17,18). The Labute approximate surface area is 113 Å². The number of carboxylic acid groups (broad SMARTS) is 1. The lowest BCUT2D eigenvalue weighted by Crippen LogP contribution is -2.15. The smallest absolute Gasteiger partial charge is 0.338 e. The first-order chi connectivity index (χ1) is 9.06. The van der Waals surface area contributed by atoms with Crippen molar-refractivity contribution in [2.75, 3.05) is 5.32 Å². The van der Waals surface area contributed by atoms with Crippen LogP contribution in [0.4, 0.5) is 5.00 Å². The van der Waals surface area contributed by atoms with Crippen molar-refractivity contribution in [1.82, 2.24) is 0 Å². The van der Waals surface area contributed by atoms with Crippen LogP contribution in [0.5, 0.6) is 5.75 Å². The molecule has 1 amide bonds. The molecule has 1 aromatic heterocycles. The Bertz CT molecular complexity index is 621. The molecular weight excluding hydrogens is 266 g/mol. The van der Waals surface area contributed by atoms with E-state index in [4.69, 9.17) is 5.11 Å². The number of amides is 1. The molecule has 19 heavy (non-hydrogen) atoms. The average Bonchev–Trinajstić information content (AvgIpc) is 2.76. The third kappa shape index (κ3) is 3.32. The number of benzene rings is 1. The number of hydrogen-bond acceptors (Lipinski definition) is 4. The fourth-order valence-corrected chi connectivity index (χ4v) is 2.39. The first-order valence-electron chi connectivity index (χ1n) is 5.45. The number of phenols is 1. The van der Waals surface area contributed by atoms with Gasteiger partial charge >= 0.3 is 5.97 Å². The third-order valence-electron chi connectivity index (χ3n) is 2.42. The zero-order valence-corrected chi connectivity index (χ0v) is 10.6. The molecule has 1 heterocycles. The summed E-state index contributed by atoms with van der Waals surface area (Å²) < 4.78 is 0. The lowest BCUT2D eigenvalue weighted by atomic mass is 10.1. The van der Waals surface area contributed by atoms with Crippen molar-refractivity contribution in [2.45, 2.75) is 6.42 Å². The molecule has 0 aliphatic carbocycles. The van der Waals surface area contributed by atoms with Crippen LogP contribution in [0.3, 0.4) is 0 Å². The number of rotatable bonds is 4. The van der Waals surface area contributed by atoms with E-state index in [1.807, 2.05) is 0 Å². The highest BCUT2D eigenvalue weighted by molar-refractivity contribution is 7.14. The number of phenolic OH excluding ortho intramolecular Hbond substituents is 1. The van der Waals surface area contributed by atoms with E-state index in [9.17, 15) is 14.7 Å². The van der Waals surface area contributed by atoms with Crippen LogP contribution in [0.25, 0.3) is 0 Å². The molecule has 0 aliphatic rings. The Hall–Kier alpha value is -2.34. The van der Waals surface area contributed by atoms with Gasteiger partial charge in [0.1, 0.15) is 10.8 Å². The van der Waals surface area contributed by atoms with Gasteiger partial charge in [0.15, 0.2) is 0 Å². The highest BCUT2D eigenvalue weighted by Crippen LogP contribution is 2.23. The van der Waals surface area contributed by atoms with Gasteiger partial charge < -0.3 is 15.5 Å². The molecule has 0 saturated carbocycles. The van der Waals surface area contributed by atoms with Crippen LogP contribution >= 0.6 is 11.3 Å². The largest absolute Gasteiger partial charge is 0.508 e. The Morgan fingerprint density at radius 2 is 2.05 bits per heavy atom. The monoisotopic (exact) mass is 277 g/mol. The summed E-state index contributed by atoms with van der Waals surface area (Å²) in [6, 6.07) is 7.81. The van der Waals surface area contributed by atoms with Crippen molar-refractivity contribution in [2.24, 2.45) is 0 Å². The summed E-state index contributed by atoms with van der Waals surface area (Å²) in [6.07, 6.45) is 0.0748. The van der Waals surface area contributed by atoms with Crippen molar-refractivity contribution in [3.8, 4) is 5.75 Å². The SMILES string of the molecule is O=C(Cc1cccc(O)c1)Nc1sccc1C(=O)O. The maximum Gasteiger partial charge on any atom is 0.338 e. The second kappa shape index (κ2) is 5.53. The van der Waals surface area contributed by atoms with Crippen LogP contribution < -0.4 is 5.32 Å². The molecule has 98 valence electrons. The molecule has 0 bridgehead atoms. The number of carbonyl (C=O) groups excluding carboxylic acids is 1. The Morgan fingerprint density at radius 1 is 1.26 bits per heavy atom. The van der Waals surface area contributed by atoms with Gasteiger partial charge in [-0.1, -0.05) is 12.1 Å². The minimum Gasteiger partial charge on any atom is -0.508 e. The normalized spacial score (nSPS) is 10.1. The summed E-state index contributed by atoms with van der Waals surface area (Å²) in [5.41, 5.74) is 0.736. The minimum atomic E-state index is -1.08. The topological polar surface area (TPSA) is 86.6 Å². The van der Waals surface area contributed by atoms with Crippen LogP contribution in [-0.2, 0) is 11.2 Å². The van der Waals surface area contributed by atoms with Crippen LogP contribution in [0.2, 0.25) is 0 Å². The van der Waals surface area contributed by atoms with E-state index >= 15 is 0 Å². The molecule has 2 rings (SSSR count). The number of carbonyl (C=O) groups is 2. The zero-order valence-electron chi connectivity index (χ0n) is 9.79. The van der Waals surface area contributed by atoms with E-state index in [0.29, 0.717) is 10.6 Å². The van der Waals surface area contributed by atoms with Gasteiger partial charge in [-0.25, -0.2) is 4.79 Å². The van der Waals surface area contributed by atoms with E-state index in [0.717, 1.165) is 11.3 Å². The maximum absolute atomic E-state index is 11.8. The minimum absolute atomic E-state index is 0.0748. The molecule has 0 radical (unpaired) electrons. The number of nitrogens with one attached hydrogen (secondary N) is 1. The van der Waals surface area contributed by atoms with Crippen LogP contribution in [0, 0.1) is 0 Å². The molecule has 3 N–H and O–H groups in total. The summed E-state index contributed by atoms with van der Waals surface area (Å²) in [6.45, 7) is 0. The third-order valence-corrected chi connectivity index (χ3v) is 3.25. The first kappa shape index (κ1) is 13.1. The number of hydrogen-bond donors (Lipinski definition) is 3. The van der Waals surface area contributed by atoms with Gasteiger partial charge in [-0.2, -0.15) is 0 Å². The van der Waals surface area contributed by atoms with Crippen LogP contribution in [0.1, 0.15) is 15.9 Å². The van der Waals surface area contributed by atoms with Gasteiger partial charge in [0.25, 0.3) is 0 Å². The molecule has 0 spiro atoms. The van der Waals surface area contributed by atoms with Crippen molar-refractivity contribution < 1.29 is 19.8 Å². The molecule has 2 aromatic rings. The summed E-state index contributed by atoms with van der Waals surface area (Å²) in [7, 11) is 0. The summed E-state index contributed by atoms with van der Waals surface area (Å²) in [4.78, 5) is 22.7. The molecular formula is C13H11NO4S. The molecule has 0 unspecified atom stereocenters. The van der Waals surface area contributed by atoms with Crippen molar-refractivity contribution >= 4 is 28.2 Å². The van der Waals surface area contributed by atoms with Crippen molar-refractivity contribution in [1.29, 1.82) is 0 Å². The summed E-state index contributed by atoms with van der Waals surface area (Å²) in [5, 5.41) is 22.7. The molecule has 0 fully saturated rings. The Morgan fingerprint density at radius 3 is 2.74 bits per heavy atom. The average molecular weight is 277 g/mol. The molecule has 5 nitrogen and oxygen atoms in total. The predicted octanol–water partition coefficient (Wildman–Crippen LogP) is 2.33. The lowest BCUT2D eigenvalue weighted by Gasteiger charge is -2.04.